The van der Waals surface area contributed by atoms with Gasteiger partial charge in [0, 0.05) is 68.3 Å². The number of hydrogen-bond donors (Lipinski definition) is 0. The number of carbonyl (C=O) groups is 1. The molecule has 3 heterocycles. The molecular formula is C21H27N5O. The van der Waals surface area contributed by atoms with Gasteiger partial charge in [0.2, 0.25) is 0 Å². The summed E-state index contributed by atoms with van der Waals surface area (Å²) in [6.45, 7) is 5.79. The minimum atomic E-state index is 0.124. The Bertz CT molecular complexity index is 756. The average molecular weight is 365 g/mol. The van der Waals surface area contributed by atoms with Crippen molar-refractivity contribution in [3.8, 4) is 0 Å². The number of piperazine rings is 1. The summed E-state index contributed by atoms with van der Waals surface area (Å²) in [4.78, 5) is 28.1. The molecule has 0 N–H and O–H groups in total. The van der Waals surface area contributed by atoms with Crippen LogP contribution >= 0.6 is 0 Å². The van der Waals surface area contributed by atoms with Crippen LogP contribution in [0.25, 0.3) is 0 Å². The Hall–Kier alpha value is -2.47. The third-order valence-corrected chi connectivity index (χ3v) is 5.71. The molecule has 27 heavy (non-hydrogen) atoms. The van der Waals surface area contributed by atoms with Crippen LogP contribution in [0.4, 0.5) is 5.69 Å². The van der Waals surface area contributed by atoms with E-state index in [1.165, 1.54) is 5.69 Å². The lowest BCUT2D eigenvalue weighted by Crippen LogP contribution is -2.44. The molecule has 6 nitrogen and oxygen atoms in total. The van der Waals surface area contributed by atoms with E-state index in [-0.39, 0.29) is 5.91 Å². The molecule has 2 saturated heterocycles. The van der Waals surface area contributed by atoms with Gasteiger partial charge in [-0.2, -0.15) is 0 Å². The molecule has 2 aliphatic heterocycles. The van der Waals surface area contributed by atoms with Crippen LogP contribution in [0.5, 0.6) is 0 Å². The van der Waals surface area contributed by atoms with Crippen LogP contribution in [0.1, 0.15) is 34.8 Å². The molecular weight excluding hydrogens is 338 g/mol. The number of aromatic nitrogens is 2. The highest BCUT2D eigenvalue weighted by Crippen LogP contribution is 2.26. The lowest BCUT2D eigenvalue weighted by Gasteiger charge is -2.34. The third kappa shape index (κ3) is 4.11. The van der Waals surface area contributed by atoms with Gasteiger partial charge in [0.1, 0.15) is 6.33 Å². The third-order valence-electron chi connectivity index (χ3n) is 5.71. The van der Waals surface area contributed by atoms with Crippen molar-refractivity contribution in [3.63, 3.8) is 0 Å². The van der Waals surface area contributed by atoms with Gasteiger partial charge in [-0.05, 0) is 50.2 Å². The van der Waals surface area contributed by atoms with Gasteiger partial charge < -0.3 is 14.7 Å². The van der Waals surface area contributed by atoms with E-state index in [1.54, 1.807) is 12.5 Å². The fourth-order valence-electron chi connectivity index (χ4n) is 4.01. The average Bonchev–Trinajstić information content (AvgIpc) is 2.75. The van der Waals surface area contributed by atoms with Crippen molar-refractivity contribution in [3.05, 3.63) is 54.1 Å². The van der Waals surface area contributed by atoms with Gasteiger partial charge in [0.15, 0.2) is 0 Å². The summed E-state index contributed by atoms with van der Waals surface area (Å²) in [5, 5.41) is 0. The van der Waals surface area contributed by atoms with Gasteiger partial charge in [-0.3, -0.25) is 4.79 Å². The predicted molar refractivity (Wildman–Crippen MR) is 106 cm³/mol. The van der Waals surface area contributed by atoms with E-state index in [4.69, 9.17) is 0 Å². The van der Waals surface area contributed by atoms with E-state index >= 15 is 0 Å². The summed E-state index contributed by atoms with van der Waals surface area (Å²) in [5.41, 5.74) is 3.02. The number of anilines is 1. The van der Waals surface area contributed by atoms with Crippen molar-refractivity contribution in [2.75, 3.05) is 51.2 Å². The topological polar surface area (TPSA) is 52.6 Å². The molecule has 1 amide bonds. The molecule has 0 radical (unpaired) electrons. The second-order valence-electron chi connectivity index (χ2n) is 7.56. The Kier molecular flexibility index (Phi) is 5.34. The molecule has 0 saturated carbocycles. The van der Waals surface area contributed by atoms with E-state index in [2.05, 4.69) is 38.9 Å². The number of hydrogen-bond acceptors (Lipinski definition) is 5. The number of rotatable bonds is 3. The first-order valence-corrected chi connectivity index (χ1v) is 9.79. The van der Waals surface area contributed by atoms with E-state index in [9.17, 15) is 4.79 Å². The van der Waals surface area contributed by atoms with Crippen molar-refractivity contribution in [2.45, 2.75) is 18.8 Å². The zero-order valence-electron chi connectivity index (χ0n) is 15.9. The van der Waals surface area contributed by atoms with Crippen LogP contribution in [0.2, 0.25) is 0 Å². The van der Waals surface area contributed by atoms with Gasteiger partial charge in [-0.15, -0.1) is 0 Å². The maximum atomic E-state index is 13.0. The first kappa shape index (κ1) is 17.9. The standard InChI is InChI=1S/C21H27N5O/c1-24-11-13-25(14-12-24)19-6-4-17(5-7-19)21(27)26-10-2-3-18(15-26)20-8-9-22-16-23-20/h4-9,16,18H,2-3,10-15H2,1H3/t18-/m0/s1. The molecule has 2 fully saturated rings. The zero-order chi connectivity index (χ0) is 18.6. The minimum absolute atomic E-state index is 0.124. The Morgan fingerprint density at radius 3 is 2.52 bits per heavy atom. The Morgan fingerprint density at radius 1 is 1.04 bits per heavy atom. The maximum absolute atomic E-state index is 13.0. The number of amides is 1. The molecule has 1 atom stereocenters. The lowest BCUT2D eigenvalue weighted by atomic mass is 9.94. The predicted octanol–water partition coefficient (Wildman–Crippen LogP) is 2.25. The molecule has 2 aliphatic rings. The molecule has 6 heteroatoms. The van der Waals surface area contributed by atoms with Gasteiger partial charge in [0.05, 0.1) is 0 Å². The molecule has 0 unspecified atom stereocenters. The summed E-state index contributed by atoms with van der Waals surface area (Å²) >= 11 is 0. The van der Waals surface area contributed by atoms with Crippen LogP contribution < -0.4 is 4.90 Å². The lowest BCUT2D eigenvalue weighted by molar-refractivity contribution is 0.0706. The summed E-state index contributed by atoms with van der Waals surface area (Å²) < 4.78 is 0. The van der Waals surface area contributed by atoms with Gasteiger partial charge in [-0.1, -0.05) is 0 Å². The van der Waals surface area contributed by atoms with E-state index in [0.29, 0.717) is 5.92 Å². The number of likely N-dealkylation sites (tertiary alicyclic amines) is 1. The Morgan fingerprint density at radius 2 is 1.81 bits per heavy atom. The van der Waals surface area contributed by atoms with Gasteiger partial charge in [-0.25, -0.2) is 9.97 Å². The van der Waals surface area contributed by atoms with Crippen LogP contribution in [0, 0.1) is 0 Å². The van der Waals surface area contributed by atoms with Crippen molar-refractivity contribution in [2.24, 2.45) is 0 Å². The number of nitrogens with zero attached hydrogens (tertiary/aromatic N) is 5. The van der Waals surface area contributed by atoms with E-state index < -0.39 is 0 Å². The highest BCUT2D eigenvalue weighted by atomic mass is 16.2. The minimum Gasteiger partial charge on any atom is -0.369 e. The molecule has 0 bridgehead atoms. The van der Waals surface area contributed by atoms with Crippen molar-refractivity contribution >= 4 is 11.6 Å². The Balaban J connectivity index is 1.41. The molecule has 1 aromatic heterocycles. The van der Waals surface area contributed by atoms with Crippen molar-refractivity contribution in [1.82, 2.24) is 19.8 Å². The zero-order valence-corrected chi connectivity index (χ0v) is 15.9. The summed E-state index contributed by atoms with van der Waals surface area (Å²) in [5.74, 6) is 0.425. The number of carbonyl (C=O) groups excluding carboxylic acids is 1. The first-order chi connectivity index (χ1) is 13.2. The second kappa shape index (κ2) is 8.05. The second-order valence-corrected chi connectivity index (χ2v) is 7.56. The molecule has 2 aromatic rings. The van der Waals surface area contributed by atoms with Gasteiger partial charge in [0.25, 0.3) is 5.91 Å². The fraction of sp³-hybridized carbons (Fsp3) is 0.476. The van der Waals surface area contributed by atoms with Gasteiger partial charge >= 0.3 is 0 Å². The summed E-state index contributed by atoms with van der Waals surface area (Å²) in [7, 11) is 2.16. The first-order valence-electron chi connectivity index (χ1n) is 9.79. The summed E-state index contributed by atoms with van der Waals surface area (Å²) in [6.07, 6.45) is 5.45. The van der Waals surface area contributed by atoms with Crippen molar-refractivity contribution < 1.29 is 4.79 Å². The highest BCUT2D eigenvalue weighted by molar-refractivity contribution is 5.94. The van der Waals surface area contributed by atoms with E-state index in [1.807, 2.05) is 23.1 Å². The normalized spacial score (nSPS) is 21.3. The molecule has 0 aliphatic carbocycles. The molecule has 4 rings (SSSR count). The van der Waals surface area contributed by atoms with Crippen LogP contribution in [0.15, 0.2) is 42.9 Å². The Labute approximate surface area is 160 Å². The molecule has 142 valence electrons. The van der Waals surface area contributed by atoms with Crippen LogP contribution in [0.3, 0.4) is 0 Å². The quantitative estimate of drug-likeness (QED) is 0.835. The number of likely N-dealkylation sites (N-methyl/N-ethyl adjacent to an activating group) is 1. The largest absolute Gasteiger partial charge is 0.369 e. The highest BCUT2D eigenvalue weighted by Gasteiger charge is 2.26. The monoisotopic (exact) mass is 365 g/mol. The summed E-state index contributed by atoms with van der Waals surface area (Å²) in [6, 6.07) is 10.1. The van der Waals surface area contributed by atoms with Crippen LogP contribution in [-0.2, 0) is 0 Å². The number of piperidine rings is 1. The fourth-order valence-corrected chi connectivity index (χ4v) is 4.01. The smallest absolute Gasteiger partial charge is 0.253 e. The van der Waals surface area contributed by atoms with E-state index in [0.717, 1.165) is 63.4 Å². The SMILES string of the molecule is CN1CCN(c2ccc(C(=O)N3CCC[C@H](c4ccncn4)C3)cc2)CC1. The van der Waals surface area contributed by atoms with Crippen molar-refractivity contribution in [1.29, 1.82) is 0 Å². The number of benzene rings is 1. The molecule has 1 aromatic carbocycles. The van der Waals surface area contributed by atoms with Crippen LogP contribution in [-0.4, -0.2) is 72.0 Å². The maximum Gasteiger partial charge on any atom is 0.253 e. The molecule has 0 spiro atoms.